The van der Waals surface area contributed by atoms with Gasteiger partial charge in [-0.25, -0.2) is 23.7 Å². The Morgan fingerprint density at radius 3 is 2.68 bits per heavy atom. The molecule has 0 unspecified atom stereocenters. The highest BCUT2D eigenvalue weighted by Crippen LogP contribution is 2.37. The van der Waals surface area contributed by atoms with Crippen LogP contribution >= 0.6 is 0 Å². The van der Waals surface area contributed by atoms with Crippen LogP contribution in [-0.2, 0) is 4.74 Å². The second-order valence-corrected chi connectivity index (χ2v) is 9.16. The van der Waals surface area contributed by atoms with Crippen LogP contribution in [0.3, 0.4) is 0 Å². The monoisotopic (exact) mass is 463 g/mol. The van der Waals surface area contributed by atoms with E-state index in [-0.39, 0.29) is 23.7 Å². The lowest BCUT2D eigenvalue weighted by Crippen LogP contribution is -2.33. The van der Waals surface area contributed by atoms with Crippen molar-refractivity contribution in [2.45, 2.75) is 63.7 Å². The van der Waals surface area contributed by atoms with Crippen molar-refractivity contribution in [2.75, 3.05) is 0 Å². The molecule has 3 atom stereocenters. The van der Waals surface area contributed by atoms with Crippen LogP contribution in [0.2, 0.25) is 0 Å². The van der Waals surface area contributed by atoms with Gasteiger partial charge in [0.2, 0.25) is 0 Å². The molecule has 0 amide bonds. The van der Waals surface area contributed by atoms with Crippen molar-refractivity contribution in [3.63, 3.8) is 0 Å². The fraction of sp³-hybridized carbons (Fsp3) is 0.385. The number of aliphatic imine (C=N–C) groups is 1. The number of halogens is 2. The predicted molar refractivity (Wildman–Crippen MR) is 128 cm³/mol. The van der Waals surface area contributed by atoms with E-state index in [9.17, 15) is 8.78 Å². The Balaban J connectivity index is 1.56. The Morgan fingerprint density at radius 2 is 1.94 bits per heavy atom. The fourth-order valence-electron chi connectivity index (χ4n) is 4.41. The molecule has 0 bridgehead atoms. The first kappa shape index (κ1) is 22.5. The average molecular weight is 464 g/mol. The van der Waals surface area contributed by atoms with Gasteiger partial charge in [0, 0.05) is 46.6 Å². The van der Waals surface area contributed by atoms with Crippen LogP contribution in [0.25, 0.3) is 22.3 Å². The Kier molecular flexibility index (Phi) is 6.08. The van der Waals surface area contributed by atoms with Gasteiger partial charge in [0.1, 0.15) is 17.5 Å². The third-order valence-corrected chi connectivity index (χ3v) is 6.32. The first-order valence-electron chi connectivity index (χ1n) is 11.6. The van der Waals surface area contributed by atoms with Gasteiger partial charge in [-0.3, -0.25) is 4.99 Å². The summed E-state index contributed by atoms with van der Waals surface area (Å²) in [5.41, 5.74) is 8.66. The number of ether oxygens (including phenoxy) is 1. The number of aromatic nitrogens is 3. The Hall–Kier alpha value is -3.26. The molecule has 1 aromatic carbocycles. The third kappa shape index (κ3) is 4.68. The van der Waals surface area contributed by atoms with Crippen molar-refractivity contribution in [1.29, 1.82) is 0 Å². The zero-order valence-electron chi connectivity index (χ0n) is 19.2. The highest BCUT2D eigenvalue weighted by atomic mass is 19.1. The smallest absolute Gasteiger partial charge is 0.163 e. The quantitative estimate of drug-likeness (QED) is 0.538. The van der Waals surface area contributed by atoms with E-state index in [4.69, 9.17) is 20.4 Å². The first-order valence-corrected chi connectivity index (χ1v) is 11.6. The van der Waals surface area contributed by atoms with E-state index in [0.717, 1.165) is 30.2 Å². The van der Waals surface area contributed by atoms with E-state index >= 15 is 0 Å². The van der Waals surface area contributed by atoms with Gasteiger partial charge in [-0.05, 0) is 63.8 Å². The molecule has 3 aromatic rings. The maximum atomic E-state index is 14.8. The van der Waals surface area contributed by atoms with Gasteiger partial charge >= 0.3 is 0 Å². The number of nitrogens with zero attached hydrogens (tertiary/aromatic N) is 4. The minimum atomic E-state index is -0.672. The summed E-state index contributed by atoms with van der Waals surface area (Å²) >= 11 is 0. The van der Waals surface area contributed by atoms with Gasteiger partial charge in [-0.15, -0.1) is 0 Å². The molecule has 0 spiro atoms. The summed E-state index contributed by atoms with van der Waals surface area (Å²) in [4.78, 5) is 18.7. The summed E-state index contributed by atoms with van der Waals surface area (Å²) in [5, 5.41) is 0.621. The highest BCUT2D eigenvalue weighted by Gasteiger charge is 2.33. The lowest BCUT2D eigenvalue weighted by molar-refractivity contribution is -0.0272. The zero-order chi connectivity index (χ0) is 23.8. The van der Waals surface area contributed by atoms with Crippen LogP contribution < -0.4 is 5.73 Å². The Morgan fingerprint density at radius 1 is 1.12 bits per heavy atom. The number of nitrogens with two attached hydrogens (primary N) is 1. The average Bonchev–Trinajstić information content (AvgIpc) is 3.63. The van der Waals surface area contributed by atoms with E-state index < -0.39 is 11.6 Å². The normalized spacial score (nSPS) is 23.6. The van der Waals surface area contributed by atoms with Crippen molar-refractivity contribution in [3.05, 3.63) is 65.3 Å². The molecule has 2 fully saturated rings. The third-order valence-electron chi connectivity index (χ3n) is 6.32. The number of fused-ring (bicyclic) bond motifs is 1. The molecule has 5 rings (SSSR count). The molecule has 34 heavy (non-hydrogen) atoms. The van der Waals surface area contributed by atoms with Crippen LogP contribution in [0.5, 0.6) is 0 Å². The number of aryl methyl sites for hydroxylation is 1. The number of rotatable bonds is 5. The van der Waals surface area contributed by atoms with Crippen LogP contribution in [0.15, 0.2) is 47.1 Å². The van der Waals surface area contributed by atoms with Crippen molar-refractivity contribution in [1.82, 2.24) is 15.0 Å². The second-order valence-electron chi connectivity index (χ2n) is 9.16. The minimum Gasteiger partial charge on any atom is -0.404 e. The molecule has 1 aliphatic heterocycles. The minimum absolute atomic E-state index is 0.0491. The molecule has 176 valence electrons. The van der Waals surface area contributed by atoms with Crippen molar-refractivity contribution < 1.29 is 13.5 Å². The van der Waals surface area contributed by atoms with Gasteiger partial charge in [0.25, 0.3) is 0 Å². The lowest BCUT2D eigenvalue weighted by Gasteiger charge is -2.33. The van der Waals surface area contributed by atoms with Crippen LogP contribution in [0, 0.1) is 18.6 Å². The van der Waals surface area contributed by atoms with Gasteiger partial charge in [0.05, 0.1) is 23.9 Å². The number of hydrogen-bond acceptors (Lipinski definition) is 6. The molecule has 1 aliphatic carbocycles. The molecule has 1 saturated carbocycles. The summed E-state index contributed by atoms with van der Waals surface area (Å²) in [5.74, 6) is -0.787. The van der Waals surface area contributed by atoms with Crippen molar-refractivity contribution in [3.8, 4) is 11.3 Å². The molecule has 6 nitrogen and oxygen atoms in total. The predicted octanol–water partition coefficient (Wildman–Crippen LogP) is 5.01. The van der Waals surface area contributed by atoms with Crippen molar-refractivity contribution >= 4 is 17.2 Å². The Labute approximate surface area is 197 Å². The molecule has 0 radical (unpaired) electrons. The molecule has 2 aliphatic rings. The largest absolute Gasteiger partial charge is 0.404 e. The first-order chi connectivity index (χ1) is 16.4. The Bertz CT molecular complexity index is 1290. The van der Waals surface area contributed by atoms with Crippen LogP contribution in [0.4, 0.5) is 8.78 Å². The summed E-state index contributed by atoms with van der Waals surface area (Å²) in [6.07, 6.45) is 6.63. The lowest BCUT2D eigenvalue weighted by atomic mass is 9.88. The van der Waals surface area contributed by atoms with E-state index in [2.05, 4.69) is 9.98 Å². The van der Waals surface area contributed by atoms with E-state index in [1.165, 1.54) is 12.1 Å². The van der Waals surface area contributed by atoms with Gasteiger partial charge in [-0.2, -0.15) is 0 Å². The van der Waals surface area contributed by atoms with Gasteiger partial charge in [0.15, 0.2) is 5.65 Å². The van der Waals surface area contributed by atoms with Crippen LogP contribution in [-0.4, -0.2) is 39.4 Å². The number of pyridine rings is 1. The summed E-state index contributed by atoms with van der Waals surface area (Å²) < 4.78 is 34.5. The topological polar surface area (TPSA) is 86.3 Å². The maximum absolute atomic E-state index is 14.8. The zero-order valence-corrected chi connectivity index (χ0v) is 19.2. The second kappa shape index (κ2) is 9.18. The van der Waals surface area contributed by atoms with E-state index in [0.29, 0.717) is 41.4 Å². The molecule has 3 heterocycles. The van der Waals surface area contributed by atoms with Gasteiger partial charge < -0.3 is 10.5 Å². The van der Waals surface area contributed by atoms with Crippen LogP contribution in [0.1, 0.15) is 50.0 Å². The molecule has 2 N–H and O–H groups in total. The highest BCUT2D eigenvalue weighted by molar-refractivity contribution is 5.90. The summed E-state index contributed by atoms with van der Waals surface area (Å²) in [6.45, 7) is 3.89. The number of benzene rings is 1. The molecule has 2 aromatic heterocycles. The molecular weight excluding hydrogens is 436 g/mol. The summed E-state index contributed by atoms with van der Waals surface area (Å²) in [7, 11) is 0. The SMILES string of the molecule is Cc1ccc2c(-c3ccc(F)cc3F)nc([C@H]3C[C@@H](/C(C=NC4CC4)=C/N)O[C@@H](C)C3)nc2n1. The number of hydrogen-bond donors (Lipinski definition) is 1. The van der Waals surface area contributed by atoms with E-state index in [1.807, 2.05) is 32.2 Å². The summed E-state index contributed by atoms with van der Waals surface area (Å²) in [6, 6.07) is 7.57. The standard InChI is InChI=1S/C26H27F2N5O/c1-14-3-7-21-24(20-8-4-18(27)11-22(20)28)32-25(33-26(21)31-14)16-9-15(2)34-23(10-16)17(12-29)13-30-19-5-6-19/h3-4,7-8,11-13,15-16,19,23H,5-6,9-10,29H2,1-2H3/b17-12+,30-13?/t15-,16+,23-/m0/s1. The van der Waals surface area contributed by atoms with E-state index in [1.54, 1.807) is 6.20 Å². The maximum Gasteiger partial charge on any atom is 0.163 e. The molecule has 1 saturated heterocycles. The molecule has 8 heteroatoms. The fourth-order valence-corrected chi connectivity index (χ4v) is 4.41. The van der Waals surface area contributed by atoms with Crippen molar-refractivity contribution in [2.24, 2.45) is 10.7 Å². The van der Waals surface area contributed by atoms with Gasteiger partial charge in [-0.1, -0.05) is 0 Å². The molecular formula is C26H27F2N5O.